The standard InChI is InChI=1S/C19H19N3O3/c1-22-10-9-13-11-14(7-8-16(13)22)17(23)12-20-18(24)19(25)21-15-5-3-2-4-6-15/h2-11,17,23H,12H2,1H3,(H,20,24)(H,21,25). The van der Waals surface area contributed by atoms with Gasteiger partial charge in [-0.2, -0.15) is 0 Å². The molecule has 2 aromatic carbocycles. The summed E-state index contributed by atoms with van der Waals surface area (Å²) in [5.41, 5.74) is 2.28. The molecule has 0 fully saturated rings. The first kappa shape index (κ1) is 16.7. The quantitative estimate of drug-likeness (QED) is 0.637. The summed E-state index contributed by atoms with van der Waals surface area (Å²) in [7, 11) is 1.95. The van der Waals surface area contributed by atoms with Crippen LogP contribution in [0.15, 0.2) is 60.8 Å². The highest BCUT2D eigenvalue weighted by Gasteiger charge is 2.16. The van der Waals surface area contributed by atoms with E-state index in [1.54, 1.807) is 24.3 Å². The maximum atomic E-state index is 11.9. The number of hydrogen-bond donors (Lipinski definition) is 3. The van der Waals surface area contributed by atoms with Crippen LogP contribution >= 0.6 is 0 Å². The number of aromatic nitrogens is 1. The van der Waals surface area contributed by atoms with Crippen molar-refractivity contribution in [1.29, 1.82) is 0 Å². The number of nitrogens with zero attached hydrogens (tertiary/aromatic N) is 1. The van der Waals surface area contributed by atoms with Gasteiger partial charge >= 0.3 is 11.8 Å². The maximum absolute atomic E-state index is 11.9. The van der Waals surface area contributed by atoms with Crippen molar-refractivity contribution in [3.05, 3.63) is 66.4 Å². The van der Waals surface area contributed by atoms with E-state index in [0.717, 1.165) is 10.9 Å². The van der Waals surface area contributed by atoms with E-state index < -0.39 is 17.9 Å². The number of carbonyl (C=O) groups excluding carboxylic acids is 2. The predicted octanol–water partition coefficient (Wildman–Crippen LogP) is 1.97. The van der Waals surface area contributed by atoms with Crippen LogP contribution in [-0.4, -0.2) is 28.0 Å². The van der Waals surface area contributed by atoms with Gasteiger partial charge < -0.3 is 20.3 Å². The molecule has 6 nitrogen and oxygen atoms in total. The molecule has 0 bridgehead atoms. The third-order valence-corrected chi connectivity index (χ3v) is 3.99. The number of aliphatic hydroxyl groups excluding tert-OH is 1. The van der Waals surface area contributed by atoms with Crippen LogP contribution in [-0.2, 0) is 16.6 Å². The molecule has 3 aromatic rings. The molecule has 25 heavy (non-hydrogen) atoms. The molecule has 3 rings (SSSR count). The number of aryl methyl sites for hydroxylation is 1. The minimum Gasteiger partial charge on any atom is -0.387 e. The highest BCUT2D eigenvalue weighted by molar-refractivity contribution is 6.39. The lowest BCUT2D eigenvalue weighted by molar-refractivity contribution is -0.136. The third-order valence-electron chi connectivity index (χ3n) is 3.99. The van der Waals surface area contributed by atoms with Crippen molar-refractivity contribution < 1.29 is 14.7 Å². The average Bonchev–Trinajstić information content (AvgIpc) is 3.00. The van der Waals surface area contributed by atoms with Gasteiger partial charge in [0.15, 0.2) is 0 Å². The maximum Gasteiger partial charge on any atom is 0.313 e. The fourth-order valence-electron chi connectivity index (χ4n) is 2.60. The van der Waals surface area contributed by atoms with E-state index in [-0.39, 0.29) is 6.54 Å². The van der Waals surface area contributed by atoms with Crippen LogP contribution in [0.1, 0.15) is 11.7 Å². The number of anilines is 1. The molecule has 0 spiro atoms. The van der Waals surface area contributed by atoms with Gasteiger partial charge in [-0.05, 0) is 41.3 Å². The van der Waals surface area contributed by atoms with E-state index in [0.29, 0.717) is 11.3 Å². The van der Waals surface area contributed by atoms with Gasteiger partial charge in [-0.25, -0.2) is 0 Å². The van der Waals surface area contributed by atoms with E-state index in [4.69, 9.17) is 0 Å². The second-order valence-corrected chi connectivity index (χ2v) is 5.79. The number of carbonyl (C=O) groups is 2. The van der Waals surface area contributed by atoms with Gasteiger partial charge in [-0.15, -0.1) is 0 Å². The van der Waals surface area contributed by atoms with E-state index in [2.05, 4.69) is 10.6 Å². The molecule has 0 aliphatic rings. The number of aliphatic hydroxyl groups is 1. The van der Waals surface area contributed by atoms with Crippen molar-refractivity contribution in [3.8, 4) is 0 Å². The van der Waals surface area contributed by atoms with Crippen LogP contribution in [0.25, 0.3) is 10.9 Å². The number of benzene rings is 2. The Morgan fingerprint density at radius 3 is 2.60 bits per heavy atom. The molecule has 0 aliphatic heterocycles. The lowest BCUT2D eigenvalue weighted by Gasteiger charge is -2.13. The van der Waals surface area contributed by atoms with Crippen molar-refractivity contribution in [2.45, 2.75) is 6.10 Å². The Hall–Kier alpha value is -3.12. The number of rotatable bonds is 4. The topological polar surface area (TPSA) is 83.4 Å². The highest BCUT2D eigenvalue weighted by Crippen LogP contribution is 2.20. The van der Waals surface area contributed by atoms with Crippen molar-refractivity contribution >= 4 is 28.4 Å². The molecule has 0 radical (unpaired) electrons. The minimum atomic E-state index is -0.891. The van der Waals surface area contributed by atoms with Gasteiger partial charge in [0, 0.05) is 31.0 Å². The molecule has 1 unspecified atom stereocenters. The molecule has 2 amide bonds. The molecule has 0 saturated heterocycles. The van der Waals surface area contributed by atoms with Crippen LogP contribution in [0, 0.1) is 0 Å². The number of fused-ring (bicyclic) bond motifs is 1. The van der Waals surface area contributed by atoms with Gasteiger partial charge in [0.05, 0.1) is 6.10 Å². The van der Waals surface area contributed by atoms with Crippen LogP contribution in [0.5, 0.6) is 0 Å². The van der Waals surface area contributed by atoms with Crippen molar-refractivity contribution in [2.75, 3.05) is 11.9 Å². The third kappa shape index (κ3) is 3.87. The molecule has 0 aliphatic carbocycles. The van der Waals surface area contributed by atoms with Gasteiger partial charge in [0.25, 0.3) is 0 Å². The fraction of sp³-hybridized carbons (Fsp3) is 0.158. The summed E-state index contributed by atoms with van der Waals surface area (Å²) in [4.78, 5) is 23.7. The number of para-hydroxylation sites is 1. The average molecular weight is 337 g/mol. The Bertz CT molecular complexity index is 903. The zero-order valence-corrected chi connectivity index (χ0v) is 13.8. The molecule has 1 atom stereocenters. The summed E-state index contributed by atoms with van der Waals surface area (Å²) in [6.07, 6.45) is 1.05. The summed E-state index contributed by atoms with van der Waals surface area (Å²) in [5, 5.41) is 16.2. The zero-order valence-electron chi connectivity index (χ0n) is 13.8. The smallest absolute Gasteiger partial charge is 0.313 e. The second-order valence-electron chi connectivity index (χ2n) is 5.79. The lowest BCUT2D eigenvalue weighted by Crippen LogP contribution is -2.37. The second kappa shape index (κ2) is 7.19. The Kier molecular flexibility index (Phi) is 4.81. The molecular formula is C19H19N3O3. The SMILES string of the molecule is Cn1ccc2cc(C(O)CNC(=O)C(=O)Nc3ccccc3)ccc21. The van der Waals surface area contributed by atoms with Gasteiger partial charge in [0.1, 0.15) is 0 Å². The monoisotopic (exact) mass is 337 g/mol. The van der Waals surface area contributed by atoms with Crippen LogP contribution in [0.4, 0.5) is 5.69 Å². The summed E-state index contributed by atoms with van der Waals surface area (Å²) in [5.74, 6) is -1.55. The van der Waals surface area contributed by atoms with Gasteiger partial charge in [-0.1, -0.05) is 24.3 Å². The van der Waals surface area contributed by atoms with Crippen molar-refractivity contribution in [1.82, 2.24) is 9.88 Å². The normalized spacial score (nSPS) is 11.9. The molecule has 1 heterocycles. The molecule has 1 aromatic heterocycles. The first-order chi connectivity index (χ1) is 12.0. The summed E-state index contributed by atoms with van der Waals surface area (Å²) < 4.78 is 1.99. The predicted molar refractivity (Wildman–Crippen MR) is 96.0 cm³/mol. The highest BCUT2D eigenvalue weighted by atomic mass is 16.3. The van der Waals surface area contributed by atoms with Gasteiger partial charge in [-0.3, -0.25) is 9.59 Å². The molecule has 128 valence electrons. The summed E-state index contributed by atoms with van der Waals surface area (Å²) >= 11 is 0. The van der Waals surface area contributed by atoms with Crippen LogP contribution in [0.2, 0.25) is 0 Å². The molecule has 0 saturated carbocycles. The Balaban J connectivity index is 1.57. The van der Waals surface area contributed by atoms with Crippen molar-refractivity contribution in [2.24, 2.45) is 7.05 Å². The Morgan fingerprint density at radius 1 is 1.08 bits per heavy atom. The number of amides is 2. The Morgan fingerprint density at radius 2 is 1.84 bits per heavy atom. The molecule has 6 heteroatoms. The number of nitrogens with one attached hydrogen (secondary N) is 2. The Labute approximate surface area is 145 Å². The number of hydrogen-bond acceptors (Lipinski definition) is 3. The molecule has 3 N–H and O–H groups in total. The van der Waals surface area contributed by atoms with Crippen LogP contribution in [0.3, 0.4) is 0 Å². The minimum absolute atomic E-state index is 0.0423. The van der Waals surface area contributed by atoms with Crippen molar-refractivity contribution in [3.63, 3.8) is 0 Å². The molecular weight excluding hydrogens is 318 g/mol. The van der Waals surface area contributed by atoms with E-state index >= 15 is 0 Å². The van der Waals surface area contributed by atoms with Gasteiger partial charge in [0.2, 0.25) is 0 Å². The largest absolute Gasteiger partial charge is 0.387 e. The van der Waals surface area contributed by atoms with Crippen LogP contribution < -0.4 is 10.6 Å². The van der Waals surface area contributed by atoms with E-state index in [1.807, 2.05) is 48.1 Å². The first-order valence-electron chi connectivity index (χ1n) is 7.92. The fourth-order valence-corrected chi connectivity index (χ4v) is 2.60. The van der Waals surface area contributed by atoms with E-state index in [1.165, 1.54) is 0 Å². The zero-order chi connectivity index (χ0) is 17.8. The summed E-state index contributed by atoms with van der Waals surface area (Å²) in [6, 6.07) is 16.3. The first-order valence-corrected chi connectivity index (χ1v) is 7.92. The summed E-state index contributed by atoms with van der Waals surface area (Å²) in [6.45, 7) is -0.0423. The lowest BCUT2D eigenvalue weighted by atomic mass is 10.1. The van der Waals surface area contributed by atoms with E-state index in [9.17, 15) is 14.7 Å².